The molecular formula is C29H31F6N3O6S. The number of hydrogen-bond donors (Lipinski definition) is 2. The summed E-state index contributed by atoms with van der Waals surface area (Å²) in [7, 11) is -3.65. The third kappa shape index (κ3) is 7.20. The number of rotatable bonds is 7. The van der Waals surface area contributed by atoms with Gasteiger partial charge in [-0.1, -0.05) is 18.2 Å². The molecule has 0 spiro atoms. The molecule has 16 heteroatoms. The van der Waals surface area contributed by atoms with Crippen LogP contribution in [0.1, 0.15) is 62.8 Å². The molecule has 1 aliphatic heterocycles. The zero-order valence-electron chi connectivity index (χ0n) is 24.6. The summed E-state index contributed by atoms with van der Waals surface area (Å²) in [6.45, 7) is 4.55. The maximum Gasteiger partial charge on any atom is 0.411 e. The van der Waals surface area contributed by atoms with E-state index in [9.17, 15) is 49.1 Å². The van der Waals surface area contributed by atoms with Crippen molar-refractivity contribution in [3.8, 4) is 0 Å². The number of sulfone groups is 1. The van der Waals surface area contributed by atoms with Gasteiger partial charge in [0.1, 0.15) is 11.6 Å². The Morgan fingerprint density at radius 2 is 1.51 bits per heavy atom. The first-order valence-electron chi connectivity index (χ1n) is 13.7. The molecule has 45 heavy (non-hydrogen) atoms. The van der Waals surface area contributed by atoms with Crippen molar-refractivity contribution >= 4 is 33.4 Å². The minimum Gasteiger partial charge on any atom is -0.444 e. The summed E-state index contributed by atoms with van der Waals surface area (Å²) in [6, 6.07) is 4.79. The zero-order valence-corrected chi connectivity index (χ0v) is 25.4. The second-order valence-corrected chi connectivity index (χ2v) is 14.1. The minimum atomic E-state index is -5.90. The highest BCUT2D eigenvalue weighted by Gasteiger charge is 2.72. The summed E-state index contributed by atoms with van der Waals surface area (Å²) in [5.74, 6) is -2.29. The van der Waals surface area contributed by atoms with E-state index in [0.717, 1.165) is 23.3 Å². The number of hydrogen-bond acceptors (Lipinski definition) is 6. The first-order valence-corrected chi connectivity index (χ1v) is 15.6. The molecule has 2 N–H and O–H groups in total. The van der Waals surface area contributed by atoms with Gasteiger partial charge in [-0.3, -0.25) is 14.5 Å². The summed E-state index contributed by atoms with van der Waals surface area (Å²) in [5.41, 5.74) is -6.37. The summed E-state index contributed by atoms with van der Waals surface area (Å²) >= 11 is 0. The molecule has 0 aromatic heterocycles. The molecule has 3 amide bonds. The Morgan fingerprint density at radius 3 is 2.00 bits per heavy atom. The molecule has 246 valence electrons. The summed E-state index contributed by atoms with van der Waals surface area (Å²) < 4.78 is 115. The zero-order chi connectivity index (χ0) is 33.8. The Labute approximate surface area is 255 Å². The number of fused-ring (bicyclic) bond motifs is 1. The maximum absolute atomic E-state index is 14.2. The van der Waals surface area contributed by atoms with Crippen molar-refractivity contribution in [2.75, 3.05) is 11.6 Å². The highest BCUT2D eigenvalue weighted by molar-refractivity contribution is 7.90. The molecule has 1 saturated carbocycles. The van der Waals surface area contributed by atoms with E-state index < -0.39 is 75.2 Å². The standard InChI is InChI=1S/C29H31F6N3O6S/c1-26(2,3)44-25(41)38-15-16-13-20(45(4,42)43)11-12-21(16)23(38)24(40)37-19-7-5-17(6-8-19)27(28(30,31)32,29(33,34)35)14-22(39)36-18-9-10-18/h5-8,11-13,18,23H,9-10,14-15H2,1-4H3,(H,36,39)(H,37,40). The highest BCUT2D eigenvalue weighted by Crippen LogP contribution is 2.54. The normalized spacial score (nSPS) is 17.5. The first kappa shape index (κ1) is 34.1. The van der Waals surface area contributed by atoms with Gasteiger partial charge in [-0.2, -0.15) is 26.3 Å². The molecule has 2 aliphatic rings. The van der Waals surface area contributed by atoms with Crippen molar-refractivity contribution in [3.63, 3.8) is 0 Å². The van der Waals surface area contributed by atoms with E-state index in [4.69, 9.17) is 4.74 Å². The van der Waals surface area contributed by atoms with Gasteiger partial charge in [-0.15, -0.1) is 0 Å². The molecule has 0 bridgehead atoms. The van der Waals surface area contributed by atoms with Crippen molar-refractivity contribution in [1.29, 1.82) is 0 Å². The van der Waals surface area contributed by atoms with Gasteiger partial charge in [-0.05, 0) is 74.6 Å². The van der Waals surface area contributed by atoms with Crippen molar-refractivity contribution in [2.24, 2.45) is 0 Å². The number of halogens is 6. The number of ether oxygens (including phenoxy) is 1. The number of amides is 3. The lowest BCUT2D eigenvalue weighted by Crippen LogP contribution is -2.56. The monoisotopic (exact) mass is 663 g/mol. The molecule has 1 fully saturated rings. The van der Waals surface area contributed by atoms with Crippen LogP contribution in [0.2, 0.25) is 0 Å². The molecule has 2 aromatic rings. The number of benzene rings is 2. The second kappa shape index (κ2) is 11.5. The Bertz CT molecular complexity index is 1580. The van der Waals surface area contributed by atoms with Crippen molar-refractivity contribution in [3.05, 3.63) is 59.2 Å². The Morgan fingerprint density at radius 1 is 0.933 bits per heavy atom. The lowest BCUT2D eigenvalue weighted by molar-refractivity contribution is -0.303. The molecule has 2 aromatic carbocycles. The summed E-state index contributed by atoms with van der Waals surface area (Å²) in [6.07, 6.45) is -12.7. The Hall–Kier alpha value is -3.82. The fourth-order valence-corrected chi connectivity index (χ4v) is 5.69. The van der Waals surface area contributed by atoms with Gasteiger partial charge in [0.05, 0.1) is 17.9 Å². The van der Waals surface area contributed by atoms with E-state index in [0.29, 0.717) is 30.5 Å². The van der Waals surface area contributed by atoms with Crippen molar-refractivity contribution < 1.29 is 53.9 Å². The van der Waals surface area contributed by atoms with Crippen LogP contribution in [0.15, 0.2) is 47.4 Å². The smallest absolute Gasteiger partial charge is 0.411 e. The van der Waals surface area contributed by atoms with Crippen LogP contribution in [-0.2, 0) is 36.1 Å². The van der Waals surface area contributed by atoms with Crippen LogP contribution in [0.3, 0.4) is 0 Å². The van der Waals surface area contributed by atoms with Crippen molar-refractivity contribution in [2.45, 2.75) is 86.9 Å². The second-order valence-electron chi connectivity index (χ2n) is 12.1. The van der Waals surface area contributed by atoms with E-state index in [1.165, 1.54) is 18.2 Å². The SMILES string of the molecule is CC(C)(C)OC(=O)N1Cc2cc(S(C)(=O)=O)ccc2C1C(=O)Nc1ccc(C(CC(=O)NC2CC2)(C(F)(F)F)C(F)(F)F)cc1. The van der Waals surface area contributed by atoms with Gasteiger partial charge in [0.15, 0.2) is 15.3 Å². The molecule has 9 nitrogen and oxygen atoms in total. The lowest BCUT2D eigenvalue weighted by atomic mass is 9.75. The number of anilines is 1. The van der Waals surface area contributed by atoms with Crippen LogP contribution in [0.5, 0.6) is 0 Å². The third-order valence-corrected chi connectivity index (χ3v) is 8.46. The Kier molecular flexibility index (Phi) is 8.72. The predicted octanol–water partition coefficient (Wildman–Crippen LogP) is 5.55. The van der Waals surface area contributed by atoms with Crippen LogP contribution in [0, 0.1) is 0 Å². The van der Waals surface area contributed by atoms with Crippen LogP contribution in [-0.4, -0.2) is 61.5 Å². The van der Waals surface area contributed by atoms with Crippen LogP contribution in [0.25, 0.3) is 0 Å². The lowest BCUT2D eigenvalue weighted by Gasteiger charge is -2.37. The van der Waals surface area contributed by atoms with E-state index >= 15 is 0 Å². The predicted molar refractivity (Wildman–Crippen MR) is 149 cm³/mol. The molecule has 4 rings (SSSR count). The van der Waals surface area contributed by atoms with Gasteiger partial charge in [0.2, 0.25) is 5.91 Å². The molecule has 0 radical (unpaired) electrons. The number of alkyl halides is 6. The minimum absolute atomic E-state index is 0.0642. The largest absolute Gasteiger partial charge is 0.444 e. The molecule has 0 saturated heterocycles. The quantitative estimate of drug-likeness (QED) is 0.375. The molecule has 1 heterocycles. The average molecular weight is 664 g/mol. The van der Waals surface area contributed by atoms with Gasteiger partial charge in [0, 0.05) is 18.0 Å². The van der Waals surface area contributed by atoms with E-state index in [-0.39, 0.29) is 22.7 Å². The number of carbonyl (C=O) groups is 3. The van der Waals surface area contributed by atoms with Gasteiger partial charge >= 0.3 is 18.4 Å². The van der Waals surface area contributed by atoms with Crippen molar-refractivity contribution in [1.82, 2.24) is 10.2 Å². The summed E-state index contributed by atoms with van der Waals surface area (Å²) in [5, 5.41) is 4.57. The van der Waals surface area contributed by atoms with E-state index in [1.54, 1.807) is 20.8 Å². The fraction of sp³-hybridized carbons (Fsp3) is 0.483. The summed E-state index contributed by atoms with van der Waals surface area (Å²) in [4.78, 5) is 39.7. The fourth-order valence-electron chi connectivity index (χ4n) is 5.02. The first-order chi connectivity index (χ1) is 20.5. The Balaban J connectivity index is 1.66. The number of nitrogens with one attached hydrogen (secondary N) is 2. The highest BCUT2D eigenvalue weighted by atomic mass is 32.2. The topological polar surface area (TPSA) is 122 Å². The van der Waals surface area contributed by atoms with Gasteiger partial charge in [0.25, 0.3) is 5.91 Å². The van der Waals surface area contributed by atoms with Crippen LogP contribution < -0.4 is 10.6 Å². The average Bonchev–Trinajstić information content (AvgIpc) is 3.60. The molecular weight excluding hydrogens is 632 g/mol. The molecule has 1 atom stereocenters. The van der Waals surface area contributed by atoms with Gasteiger partial charge in [-0.25, -0.2) is 13.2 Å². The maximum atomic E-state index is 14.2. The number of carbonyl (C=O) groups excluding carboxylic acids is 3. The van der Waals surface area contributed by atoms with E-state index in [2.05, 4.69) is 10.6 Å². The number of nitrogens with zero attached hydrogens (tertiary/aromatic N) is 1. The van der Waals surface area contributed by atoms with Gasteiger partial charge < -0.3 is 15.4 Å². The van der Waals surface area contributed by atoms with E-state index in [1.807, 2.05) is 0 Å². The van der Waals surface area contributed by atoms with Crippen LogP contribution in [0.4, 0.5) is 36.8 Å². The molecule has 1 unspecified atom stereocenters. The third-order valence-electron chi connectivity index (χ3n) is 7.35. The molecule has 1 aliphatic carbocycles. The van der Waals surface area contributed by atoms with Crippen LogP contribution >= 0.6 is 0 Å².